The number of aromatic nitrogens is 1. The molecule has 1 N–H and O–H groups in total. The zero-order chi connectivity index (χ0) is 11.2. The van der Waals surface area contributed by atoms with E-state index in [1.165, 1.54) is 15.7 Å². The Morgan fingerprint density at radius 2 is 2.12 bits per heavy atom. The number of thiazole rings is 1. The molecule has 2 aromatic rings. The molecule has 1 aliphatic rings. The number of rotatable bonds is 1. The van der Waals surface area contributed by atoms with Crippen LogP contribution in [0.1, 0.15) is 36.5 Å². The van der Waals surface area contributed by atoms with Crippen molar-refractivity contribution in [1.29, 1.82) is 0 Å². The van der Waals surface area contributed by atoms with Crippen LogP contribution in [0.25, 0.3) is 4.83 Å². The van der Waals surface area contributed by atoms with Gasteiger partial charge in [0.25, 0.3) is 0 Å². The van der Waals surface area contributed by atoms with Crippen molar-refractivity contribution < 1.29 is 8.50 Å². The van der Waals surface area contributed by atoms with Crippen LogP contribution in [0.5, 0.6) is 0 Å². The van der Waals surface area contributed by atoms with E-state index in [-0.39, 0.29) is 14.7 Å². The SMILES string of the molecule is OC1(c2[se][n+]3ccsc3c2Br)CCCCC1. The number of nitrogens with zero attached hydrogens (tertiary/aromatic N) is 1. The predicted molar refractivity (Wildman–Crippen MR) is 69.1 cm³/mol. The van der Waals surface area contributed by atoms with E-state index < -0.39 is 5.60 Å². The van der Waals surface area contributed by atoms with E-state index in [4.69, 9.17) is 0 Å². The summed E-state index contributed by atoms with van der Waals surface area (Å²) < 4.78 is 4.70. The quantitative estimate of drug-likeness (QED) is 0.771. The average Bonchev–Trinajstić information content (AvgIpc) is 2.83. The molecule has 0 amide bonds. The minimum atomic E-state index is -0.525. The summed E-state index contributed by atoms with van der Waals surface area (Å²) in [6.45, 7) is 0. The van der Waals surface area contributed by atoms with Crippen molar-refractivity contribution in [3.8, 4) is 0 Å². The van der Waals surface area contributed by atoms with Gasteiger partial charge in [-0.2, -0.15) is 0 Å². The molecule has 0 aliphatic heterocycles. The number of hydrogen-bond acceptors (Lipinski definition) is 2. The third-order valence-corrected chi connectivity index (χ3v) is 8.68. The first-order chi connectivity index (χ1) is 7.71. The van der Waals surface area contributed by atoms with Crippen LogP contribution in [0, 0.1) is 0 Å². The summed E-state index contributed by atoms with van der Waals surface area (Å²) in [5.41, 5.74) is -0.525. The van der Waals surface area contributed by atoms with Crippen LogP contribution < -0.4 is 3.40 Å². The molecule has 2 aromatic heterocycles. The van der Waals surface area contributed by atoms with Gasteiger partial charge < -0.3 is 0 Å². The fourth-order valence-electron chi connectivity index (χ4n) is 2.38. The minimum absolute atomic E-state index is 0.250. The van der Waals surface area contributed by atoms with Crippen molar-refractivity contribution in [2.24, 2.45) is 0 Å². The second kappa shape index (κ2) is 4.21. The van der Waals surface area contributed by atoms with Gasteiger partial charge in [0, 0.05) is 0 Å². The molecule has 5 heteroatoms. The Morgan fingerprint density at radius 1 is 1.38 bits per heavy atom. The summed E-state index contributed by atoms with van der Waals surface area (Å²) in [4.78, 5) is 1.27. The van der Waals surface area contributed by atoms with Gasteiger partial charge >= 0.3 is 114 Å². The van der Waals surface area contributed by atoms with Gasteiger partial charge in [-0.3, -0.25) is 0 Å². The summed E-state index contributed by atoms with van der Waals surface area (Å²) in [6.07, 6.45) is 7.60. The molecule has 86 valence electrons. The van der Waals surface area contributed by atoms with E-state index in [1.807, 2.05) is 0 Å². The molecule has 3 rings (SSSR count). The Balaban J connectivity index is 2.10. The monoisotopic (exact) mass is 366 g/mol. The molecule has 2 nitrogen and oxygen atoms in total. The Hall–Kier alpha value is 0.329. The summed E-state index contributed by atoms with van der Waals surface area (Å²) in [5, 5.41) is 12.9. The third kappa shape index (κ3) is 1.73. The first kappa shape index (κ1) is 11.4. The zero-order valence-corrected chi connectivity index (χ0v) is 12.9. The maximum absolute atomic E-state index is 10.8. The fraction of sp³-hybridized carbons (Fsp3) is 0.545. The molecular formula is C11H13BrNOSSe+. The van der Waals surface area contributed by atoms with Crippen LogP contribution in [0.2, 0.25) is 0 Å². The van der Waals surface area contributed by atoms with E-state index in [0.29, 0.717) is 0 Å². The molecule has 0 bridgehead atoms. The molecule has 0 radical (unpaired) electrons. The molecule has 1 saturated carbocycles. The van der Waals surface area contributed by atoms with Crippen molar-refractivity contribution in [3.63, 3.8) is 0 Å². The number of halogens is 1. The van der Waals surface area contributed by atoms with Crippen LogP contribution in [0.15, 0.2) is 16.0 Å². The summed E-state index contributed by atoms with van der Waals surface area (Å²) in [7, 11) is 0. The molecule has 0 atom stereocenters. The van der Waals surface area contributed by atoms with Crippen molar-refractivity contribution in [3.05, 3.63) is 20.5 Å². The number of aliphatic hydroxyl groups is 1. The predicted octanol–water partition coefficient (Wildman–Crippen LogP) is 2.46. The van der Waals surface area contributed by atoms with E-state index in [9.17, 15) is 5.11 Å². The molecule has 0 unspecified atom stereocenters. The molecule has 1 aliphatic carbocycles. The van der Waals surface area contributed by atoms with Gasteiger partial charge in [0.2, 0.25) is 0 Å². The molecule has 0 aromatic carbocycles. The van der Waals surface area contributed by atoms with E-state index in [1.54, 1.807) is 11.3 Å². The van der Waals surface area contributed by atoms with E-state index in [2.05, 4.69) is 30.9 Å². The van der Waals surface area contributed by atoms with Crippen LogP contribution in [0.3, 0.4) is 0 Å². The number of fused-ring (bicyclic) bond motifs is 1. The van der Waals surface area contributed by atoms with Crippen LogP contribution in [-0.2, 0) is 5.60 Å². The second-order valence-corrected chi connectivity index (χ2v) is 8.11. The first-order valence-corrected chi connectivity index (χ1v) is 8.81. The second-order valence-electron chi connectivity index (χ2n) is 4.36. The van der Waals surface area contributed by atoms with Crippen LogP contribution in [0.4, 0.5) is 0 Å². The van der Waals surface area contributed by atoms with Crippen molar-refractivity contribution >= 4 is 46.8 Å². The number of hydrogen-bond donors (Lipinski definition) is 1. The molecular weight excluding hydrogens is 353 g/mol. The normalized spacial score (nSPS) is 20.4. The van der Waals surface area contributed by atoms with Gasteiger partial charge in [0.15, 0.2) is 0 Å². The third-order valence-electron chi connectivity index (χ3n) is 3.26. The van der Waals surface area contributed by atoms with Gasteiger partial charge in [0.05, 0.1) is 0 Å². The summed E-state index contributed by atoms with van der Waals surface area (Å²) in [6, 6.07) is 0. The molecule has 16 heavy (non-hydrogen) atoms. The van der Waals surface area contributed by atoms with Crippen molar-refractivity contribution in [1.82, 2.24) is 0 Å². The van der Waals surface area contributed by atoms with Gasteiger partial charge in [-0.1, -0.05) is 0 Å². The van der Waals surface area contributed by atoms with Gasteiger partial charge in [-0.15, -0.1) is 0 Å². The van der Waals surface area contributed by atoms with E-state index >= 15 is 0 Å². The van der Waals surface area contributed by atoms with Crippen molar-refractivity contribution in [2.75, 3.05) is 0 Å². The average molecular weight is 366 g/mol. The molecule has 0 saturated heterocycles. The van der Waals surface area contributed by atoms with Gasteiger partial charge in [-0.05, 0) is 0 Å². The first-order valence-electron chi connectivity index (χ1n) is 5.51. The molecule has 2 heterocycles. The van der Waals surface area contributed by atoms with Crippen LogP contribution in [-0.4, -0.2) is 19.8 Å². The zero-order valence-electron chi connectivity index (χ0n) is 8.78. The maximum atomic E-state index is 10.8. The van der Waals surface area contributed by atoms with Crippen molar-refractivity contribution in [2.45, 2.75) is 37.7 Å². The Labute approximate surface area is 113 Å². The van der Waals surface area contributed by atoms with Crippen LogP contribution >= 0.6 is 27.3 Å². The Kier molecular flexibility index (Phi) is 3.01. The molecule has 1 fully saturated rings. The Bertz CT molecular complexity index is 515. The standard InChI is InChI=1S/C11H13BrNOSSe/c12-8-9(11(14)4-2-1-3-5-11)16-13-6-7-15-10(8)13/h6-7,14H,1-5H2/q+1. The summed E-state index contributed by atoms with van der Waals surface area (Å²) in [5.74, 6) is 0. The fourth-order valence-corrected chi connectivity index (χ4v) is 7.51. The topological polar surface area (TPSA) is 24.3 Å². The molecule has 0 spiro atoms. The van der Waals surface area contributed by atoms with E-state index in [0.717, 1.165) is 30.2 Å². The Morgan fingerprint density at radius 3 is 2.81 bits per heavy atom. The van der Waals surface area contributed by atoms with Gasteiger partial charge in [0.1, 0.15) is 0 Å². The van der Waals surface area contributed by atoms with Gasteiger partial charge in [-0.25, -0.2) is 0 Å². The summed E-state index contributed by atoms with van der Waals surface area (Å²) >= 11 is 5.68.